The van der Waals surface area contributed by atoms with E-state index < -0.39 is 5.92 Å². The Labute approximate surface area is 153 Å². The molecule has 0 saturated heterocycles. The summed E-state index contributed by atoms with van der Waals surface area (Å²) in [5, 5.41) is 20.5. The van der Waals surface area contributed by atoms with Crippen LogP contribution in [0.5, 0.6) is 0 Å². The molecule has 0 aliphatic heterocycles. The van der Waals surface area contributed by atoms with Gasteiger partial charge in [-0.15, -0.1) is 0 Å². The molecule has 0 unspecified atom stereocenters. The van der Waals surface area contributed by atoms with Gasteiger partial charge in [-0.05, 0) is 23.3 Å². The Bertz CT molecular complexity index is 708. The van der Waals surface area contributed by atoms with Crippen molar-refractivity contribution < 1.29 is 28.5 Å². The van der Waals surface area contributed by atoms with Crippen molar-refractivity contribution in [3.8, 4) is 12.1 Å². The molecule has 0 aliphatic rings. The molecule has 5 heteroatoms. The highest BCUT2D eigenvalue weighted by atomic mass is 127. The van der Waals surface area contributed by atoms with Crippen LogP contribution in [-0.2, 0) is 7.05 Å². The molecule has 0 fully saturated rings. The van der Waals surface area contributed by atoms with E-state index in [9.17, 15) is 0 Å². The molecule has 0 amide bonds. The summed E-state index contributed by atoms with van der Waals surface area (Å²) in [6, 6.07) is 15.9. The second-order valence-electron chi connectivity index (χ2n) is 4.94. The number of aromatic nitrogens is 1. The average molecular weight is 416 g/mol. The van der Waals surface area contributed by atoms with Gasteiger partial charge in [-0.1, -0.05) is 24.3 Å². The highest BCUT2D eigenvalue weighted by Crippen LogP contribution is 2.13. The Balaban J connectivity index is 0.00000264. The molecule has 0 aliphatic carbocycles. The number of hydrogen-bond acceptors (Lipinski definition) is 3. The summed E-state index contributed by atoms with van der Waals surface area (Å²) in [6.07, 6.45) is 8.12. The molecule has 1 aromatic carbocycles. The molecule has 4 nitrogen and oxygen atoms in total. The van der Waals surface area contributed by atoms with Gasteiger partial charge < -0.3 is 29.3 Å². The number of pyridine rings is 1. The zero-order valence-electron chi connectivity index (χ0n) is 12.8. The van der Waals surface area contributed by atoms with E-state index in [-0.39, 0.29) is 24.0 Å². The fourth-order valence-corrected chi connectivity index (χ4v) is 1.87. The van der Waals surface area contributed by atoms with E-state index in [0.717, 1.165) is 16.8 Å². The molecular formula is C18H17IN4. The van der Waals surface area contributed by atoms with E-state index in [1.165, 1.54) is 0 Å². The number of rotatable bonds is 5. The molecular weight excluding hydrogens is 399 g/mol. The average Bonchev–Trinajstić information content (AvgIpc) is 2.56. The first-order valence-corrected chi connectivity index (χ1v) is 6.98. The molecule has 2 aromatic rings. The highest BCUT2D eigenvalue weighted by Gasteiger charge is 2.03. The van der Waals surface area contributed by atoms with Crippen molar-refractivity contribution in [1.82, 2.24) is 0 Å². The van der Waals surface area contributed by atoms with E-state index in [4.69, 9.17) is 10.5 Å². The molecule has 2 rings (SSSR count). The van der Waals surface area contributed by atoms with E-state index in [0.29, 0.717) is 6.54 Å². The van der Waals surface area contributed by atoms with Crippen molar-refractivity contribution in [2.24, 2.45) is 13.0 Å². The minimum absolute atomic E-state index is 0. The summed E-state index contributed by atoms with van der Waals surface area (Å²) in [6.45, 7) is 0.337. The molecule has 0 bridgehead atoms. The van der Waals surface area contributed by atoms with Crippen LogP contribution in [-0.4, -0.2) is 6.54 Å². The van der Waals surface area contributed by atoms with E-state index in [1.807, 2.05) is 66.5 Å². The number of aryl methyl sites for hydroxylation is 1. The highest BCUT2D eigenvalue weighted by molar-refractivity contribution is 5.70. The number of nitrogens with zero attached hydrogens (tertiary/aromatic N) is 3. The number of nitriles is 2. The Morgan fingerprint density at radius 1 is 1.00 bits per heavy atom. The van der Waals surface area contributed by atoms with Crippen LogP contribution in [0.25, 0.3) is 12.2 Å². The minimum Gasteiger partial charge on any atom is -1.00 e. The molecule has 23 heavy (non-hydrogen) atoms. The minimum atomic E-state index is -0.626. The SMILES string of the molecule is C[n+]1ccc(C=Cc2ccc(NCC(C#N)C#N)cc2)cc1.[I-]. The molecule has 0 atom stereocenters. The molecule has 0 radical (unpaired) electrons. The van der Waals surface area contributed by atoms with Gasteiger partial charge in [-0.25, -0.2) is 4.57 Å². The third-order valence-electron chi connectivity index (χ3n) is 3.21. The van der Waals surface area contributed by atoms with Crippen molar-refractivity contribution >= 4 is 17.8 Å². The third-order valence-corrected chi connectivity index (χ3v) is 3.21. The van der Waals surface area contributed by atoms with E-state index >= 15 is 0 Å². The van der Waals surface area contributed by atoms with Gasteiger partial charge in [-0.3, -0.25) is 0 Å². The maximum Gasteiger partial charge on any atom is 0.169 e. The Kier molecular flexibility index (Phi) is 7.79. The van der Waals surface area contributed by atoms with Crippen LogP contribution in [0.4, 0.5) is 5.69 Å². The molecule has 0 spiro atoms. The molecule has 1 N–H and O–H groups in total. The van der Waals surface area contributed by atoms with Crippen LogP contribution in [0.15, 0.2) is 48.8 Å². The summed E-state index contributed by atoms with van der Waals surface area (Å²) in [7, 11) is 1.99. The van der Waals surface area contributed by atoms with Crippen molar-refractivity contribution in [3.63, 3.8) is 0 Å². The summed E-state index contributed by atoms with van der Waals surface area (Å²) in [4.78, 5) is 0. The quantitative estimate of drug-likeness (QED) is 0.541. The maximum absolute atomic E-state index is 8.72. The first-order chi connectivity index (χ1) is 10.7. The van der Waals surface area contributed by atoms with Gasteiger partial charge in [0.25, 0.3) is 0 Å². The van der Waals surface area contributed by atoms with E-state index in [1.54, 1.807) is 0 Å². The lowest BCUT2D eigenvalue weighted by Gasteiger charge is -2.06. The van der Waals surface area contributed by atoms with Gasteiger partial charge in [0.2, 0.25) is 0 Å². The number of nitrogens with one attached hydrogen (secondary N) is 1. The van der Waals surface area contributed by atoms with Crippen molar-refractivity contribution in [3.05, 3.63) is 59.9 Å². The summed E-state index contributed by atoms with van der Waals surface area (Å²) in [5.41, 5.74) is 3.14. The fraction of sp³-hybridized carbons (Fsp3) is 0.167. The lowest BCUT2D eigenvalue weighted by atomic mass is 10.1. The zero-order valence-corrected chi connectivity index (χ0v) is 14.9. The predicted octanol–water partition coefficient (Wildman–Crippen LogP) is -0.239. The van der Waals surface area contributed by atoms with Crippen LogP contribution in [0.2, 0.25) is 0 Å². The van der Waals surface area contributed by atoms with Gasteiger partial charge in [0, 0.05) is 24.4 Å². The number of anilines is 1. The maximum atomic E-state index is 8.72. The number of halogens is 1. The number of benzene rings is 1. The largest absolute Gasteiger partial charge is 1.00 e. The third kappa shape index (κ3) is 6.09. The summed E-state index contributed by atoms with van der Waals surface area (Å²) < 4.78 is 1.99. The Morgan fingerprint density at radius 2 is 1.52 bits per heavy atom. The Morgan fingerprint density at radius 3 is 2.04 bits per heavy atom. The molecule has 1 aromatic heterocycles. The Hall–Kier alpha value is -2.38. The van der Waals surface area contributed by atoms with Gasteiger partial charge in [-0.2, -0.15) is 10.5 Å². The topological polar surface area (TPSA) is 63.5 Å². The lowest BCUT2D eigenvalue weighted by molar-refractivity contribution is -0.671. The van der Waals surface area contributed by atoms with Crippen LogP contribution in [0.3, 0.4) is 0 Å². The lowest BCUT2D eigenvalue weighted by Crippen LogP contribution is -3.00. The molecule has 0 saturated carbocycles. The molecule has 1 heterocycles. The fourth-order valence-electron chi connectivity index (χ4n) is 1.87. The normalized spacial score (nSPS) is 9.91. The van der Waals surface area contributed by atoms with Gasteiger partial charge in [0.05, 0.1) is 12.1 Å². The van der Waals surface area contributed by atoms with Crippen molar-refractivity contribution in [2.75, 3.05) is 11.9 Å². The summed E-state index contributed by atoms with van der Waals surface area (Å²) in [5.74, 6) is -0.626. The standard InChI is InChI=1S/C18H16N4.HI/c1-22-10-8-16(9-11-22)3-2-15-4-6-18(7-5-15)21-14-17(12-19)13-20;/h2-11,17H,14H2,1H3;1H. The van der Waals surface area contributed by atoms with Gasteiger partial charge >= 0.3 is 0 Å². The summed E-state index contributed by atoms with van der Waals surface area (Å²) >= 11 is 0. The second kappa shape index (κ2) is 9.60. The van der Waals surface area contributed by atoms with Crippen LogP contribution >= 0.6 is 0 Å². The van der Waals surface area contributed by atoms with Crippen LogP contribution in [0, 0.1) is 28.6 Å². The first-order valence-electron chi connectivity index (χ1n) is 6.98. The van der Waals surface area contributed by atoms with Crippen molar-refractivity contribution in [1.29, 1.82) is 10.5 Å². The monoisotopic (exact) mass is 416 g/mol. The smallest absolute Gasteiger partial charge is 0.169 e. The van der Waals surface area contributed by atoms with Crippen LogP contribution < -0.4 is 33.9 Å². The molecule has 116 valence electrons. The second-order valence-corrected chi connectivity index (χ2v) is 4.94. The van der Waals surface area contributed by atoms with Crippen LogP contribution in [0.1, 0.15) is 11.1 Å². The zero-order chi connectivity index (χ0) is 15.8. The number of hydrogen-bond donors (Lipinski definition) is 1. The van der Waals surface area contributed by atoms with Gasteiger partial charge in [0.15, 0.2) is 12.4 Å². The van der Waals surface area contributed by atoms with E-state index in [2.05, 4.69) is 23.5 Å². The first kappa shape index (κ1) is 18.7. The van der Waals surface area contributed by atoms with Gasteiger partial charge in [0.1, 0.15) is 13.0 Å². The van der Waals surface area contributed by atoms with Crippen molar-refractivity contribution in [2.45, 2.75) is 0 Å². The predicted molar refractivity (Wildman–Crippen MR) is 86.2 cm³/mol.